The van der Waals surface area contributed by atoms with E-state index in [0.29, 0.717) is 28.8 Å². The number of phenols is 1. The van der Waals surface area contributed by atoms with Gasteiger partial charge in [0.05, 0.1) is 12.2 Å². The molecule has 1 aromatic heterocycles. The predicted molar refractivity (Wildman–Crippen MR) is 145 cm³/mol. The highest BCUT2D eigenvalue weighted by Gasteiger charge is 2.17. The van der Waals surface area contributed by atoms with Gasteiger partial charge in [-0.25, -0.2) is 15.0 Å². The molecule has 180 valence electrons. The second-order valence-electron chi connectivity index (χ2n) is 8.61. The molecular weight excluding hydrogens is 462 g/mol. The molecule has 0 aliphatic carbocycles. The summed E-state index contributed by atoms with van der Waals surface area (Å²) in [7, 11) is 0. The molecule has 0 saturated carbocycles. The van der Waals surface area contributed by atoms with Crippen molar-refractivity contribution in [2.24, 2.45) is 0 Å². The maximum absolute atomic E-state index is 10.9. The molecule has 0 atom stereocenters. The van der Waals surface area contributed by atoms with Gasteiger partial charge in [-0.1, -0.05) is 84.9 Å². The second-order valence-corrected chi connectivity index (χ2v) is 8.61. The lowest BCUT2D eigenvalue weighted by atomic mass is 10.0. The van der Waals surface area contributed by atoms with E-state index in [2.05, 4.69) is 36.4 Å². The molecule has 0 saturated heterocycles. The Hall–Kier alpha value is -4.81. The standard InChI is InChI=1S/C31H23N3O3/c35-17-18-37-22-15-16-27(28(36)19-22)31-33-29(25-13-5-9-20-7-1-3-11-23(20)25)32-30(34-31)26-14-6-10-21-8-2-4-12-24(21)26/h1-16,19,35-36H,17-18H2. The molecule has 37 heavy (non-hydrogen) atoms. The Morgan fingerprint density at radius 1 is 0.568 bits per heavy atom. The number of fused-ring (bicyclic) bond motifs is 2. The van der Waals surface area contributed by atoms with Gasteiger partial charge in [0.15, 0.2) is 17.5 Å². The summed E-state index contributed by atoms with van der Waals surface area (Å²) in [6.45, 7) is 0.0275. The molecule has 0 aliphatic rings. The van der Waals surface area contributed by atoms with Crippen LogP contribution in [-0.2, 0) is 0 Å². The van der Waals surface area contributed by atoms with Crippen LogP contribution < -0.4 is 4.74 Å². The van der Waals surface area contributed by atoms with E-state index >= 15 is 0 Å². The normalized spacial score (nSPS) is 11.2. The molecule has 0 bridgehead atoms. The quantitative estimate of drug-likeness (QED) is 0.290. The summed E-state index contributed by atoms with van der Waals surface area (Å²) in [5.74, 6) is 1.82. The third-order valence-corrected chi connectivity index (χ3v) is 6.27. The van der Waals surface area contributed by atoms with Gasteiger partial charge in [0, 0.05) is 17.2 Å². The zero-order valence-electron chi connectivity index (χ0n) is 19.9. The van der Waals surface area contributed by atoms with E-state index in [4.69, 9.17) is 24.8 Å². The molecule has 0 unspecified atom stereocenters. The number of benzene rings is 5. The van der Waals surface area contributed by atoms with Gasteiger partial charge < -0.3 is 14.9 Å². The molecule has 5 aromatic carbocycles. The van der Waals surface area contributed by atoms with Crippen LogP contribution >= 0.6 is 0 Å². The Bertz CT molecular complexity index is 1640. The fourth-order valence-electron chi connectivity index (χ4n) is 4.53. The minimum absolute atomic E-state index is 0.0191. The van der Waals surface area contributed by atoms with Crippen LogP contribution in [0.5, 0.6) is 11.5 Å². The van der Waals surface area contributed by atoms with Crippen LogP contribution in [0.3, 0.4) is 0 Å². The maximum Gasteiger partial charge on any atom is 0.167 e. The molecule has 6 aromatic rings. The molecule has 0 radical (unpaired) electrons. The van der Waals surface area contributed by atoms with Crippen molar-refractivity contribution in [1.29, 1.82) is 0 Å². The number of hydrogen-bond donors (Lipinski definition) is 2. The highest BCUT2D eigenvalue weighted by atomic mass is 16.5. The molecule has 1 heterocycles. The minimum atomic E-state index is -0.112. The molecule has 0 fully saturated rings. The van der Waals surface area contributed by atoms with Crippen molar-refractivity contribution in [3.05, 3.63) is 103 Å². The third kappa shape index (κ3) is 4.35. The van der Waals surface area contributed by atoms with Crippen LogP contribution in [-0.4, -0.2) is 38.4 Å². The number of aliphatic hydroxyl groups excluding tert-OH is 1. The first kappa shape index (κ1) is 22.6. The van der Waals surface area contributed by atoms with E-state index in [0.717, 1.165) is 32.7 Å². The van der Waals surface area contributed by atoms with Gasteiger partial charge in [0.25, 0.3) is 0 Å². The van der Waals surface area contributed by atoms with Crippen LogP contribution in [0.15, 0.2) is 103 Å². The number of aromatic nitrogens is 3. The zero-order valence-corrected chi connectivity index (χ0v) is 19.9. The molecular formula is C31H23N3O3. The molecule has 0 spiro atoms. The molecule has 6 rings (SSSR count). The van der Waals surface area contributed by atoms with Gasteiger partial charge in [-0.15, -0.1) is 0 Å². The molecule has 6 nitrogen and oxygen atoms in total. The second kappa shape index (κ2) is 9.68. The zero-order chi connectivity index (χ0) is 25.2. The lowest BCUT2D eigenvalue weighted by Crippen LogP contribution is -2.02. The Balaban J connectivity index is 1.59. The number of rotatable bonds is 6. The minimum Gasteiger partial charge on any atom is -0.507 e. The summed E-state index contributed by atoms with van der Waals surface area (Å²) in [6.07, 6.45) is 0. The predicted octanol–water partition coefficient (Wildman–Crippen LogP) is 6.26. The smallest absolute Gasteiger partial charge is 0.167 e. The fraction of sp³-hybridized carbons (Fsp3) is 0.0645. The summed E-state index contributed by atoms with van der Waals surface area (Å²) in [5.41, 5.74) is 2.22. The van der Waals surface area contributed by atoms with Crippen molar-refractivity contribution in [3.63, 3.8) is 0 Å². The Morgan fingerprint density at radius 2 is 1.08 bits per heavy atom. The van der Waals surface area contributed by atoms with E-state index < -0.39 is 0 Å². The van der Waals surface area contributed by atoms with Crippen molar-refractivity contribution < 1.29 is 14.9 Å². The molecule has 6 heteroatoms. The van der Waals surface area contributed by atoms with Crippen molar-refractivity contribution in [2.75, 3.05) is 13.2 Å². The molecule has 2 N–H and O–H groups in total. The topological polar surface area (TPSA) is 88.4 Å². The van der Waals surface area contributed by atoms with Gasteiger partial charge in [-0.2, -0.15) is 0 Å². The van der Waals surface area contributed by atoms with Gasteiger partial charge in [-0.3, -0.25) is 0 Å². The Kier molecular flexibility index (Phi) is 5.92. The number of hydrogen-bond acceptors (Lipinski definition) is 6. The highest BCUT2D eigenvalue weighted by molar-refractivity contribution is 5.97. The fourth-order valence-corrected chi connectivity index (χ4v) is 4.53. The number of ether oxygens (including phenoxy) is 1. The molecule has 0 amide bonds. The van der Waals surface area contributed by atoms with Gasteiger partial charge >= 0.3 is 0 Å². The molecule has 0 aliphatic heterocycles. The van der Waals surface area contributed by atoms with Crippen molar-refractivity contribution >= 4 is 21.5 Å². The van der Waals surface area contributed by atoms with Crippen molar-refractivity contribution in [2.45, 2.75) is 0 Å². The first-order valence-corrected chi connectivity index (χ1v) is 12.0. The van der Waals surface area contributed by atoms with E-state index in [1.165, 1.54) is 6.07 Å². The SMILES string of the molecule is OCCOc1ccc(-c2nc(-c3cccc4ccccc34)nc(-c3cccc4ccccc34)n2)c(O)c1. The summed E-state index contributed by atoms with van der Waals surface area (Å²) < 4.78 is 5.45. The first-order valence-electron chi connectivity index (χ1n) is 12.0. The van der Waals surface area contributed by atoms with E-state index in [1.807, 2.05) is 48.5 Å². The van der Waals surface area contributed by atoms with Crippen LogP contribution in [0.2, 0.25) is 0 Å². The summed E-state index contributed by atoms with van der Waals surface area (Å²) in [6, 6.07) is 33.3. The van der Waals surface area contributed by atoms with Crippen LogP contribution in [0.1, 0.15) is 0 Å². The maximum atomic E-state index is 10.9. The Labute approximate surface area is 213 Å². The average Bonchev–Trinajstić information content (AvgIpc) is 2.95. The number of aromatic hydroxyl groups is 1. The van der Waals surface area contributed by atoms with Gasteiger partial charge in [0.1, 0.15) is 18.1 Å². The number of aliphatic hydroxyl groups is 1. The van der Waals surface area contributed by atoms with Crippen LogP contribution in [0.4, 0.5) is 0 Å². The van der Waals surface area contributed by atoms with Crippen LogP contribution in [0, 0.1) is 0 Å². The monoisotopic (exact) mass is 485 g/mol. The highest BCUT2D eigenvalue weighted by Crippen LogP contribution is 2.35. The van der Waals surface area contributed by atoms with E-state index in [1.54, 1.807) is 12.1 Å². The summed E-state index contributed by atoms with van der Waals surface area (Å²) >= 11 is 0. The lowest BCUT2D eigenvalue weighted by molar-refractivity contribution is 0.201. The average molecular weight is 486 g/mol. The van der Waals surface area contributed by atoms with E-state index in [9.17, 15) is 5.11 Å². The number of phenolic OH excluding ortho intramolecular Hbond substituents is 1. The Morgan fingerprint density at radius 3 is 1.62 bits per heavy atom. The van der Waals surface area contributed by atoms with Gasteiger partial charge in [0.2, 0.25) is 0 Å². The van der Waals surface area contributed by atoms with Crippen molar-refractivity contribution in [1.82, 2.24) is 15.0 Å². The largest absolute Gasteiger partial charge is 0.507 e. The first-order chi connectivity index (χ1) is 18.2. The van der Waals surface area contributed by atoms with E-state index in [-0.39, 0.29) is 19.0 Å². The summed E-state index contributed by atoms with van der Waals surface area (Å²) in [5, 5.41) is 24.1. The summed E-state index contributed by atoms with van der Waals surface area (Å²) in [4.78, 5) is 14.6. The number of nitrogens with zero attached hydrogens (tertiary/aromatic N) is 3. The lowest BCUT2D eigenvalue weighted by Gasteiger charge is -2.13. The van der Waals surface area contributed by atoms with Crippen LogP contribution in [0.25, 0.3) is 55.7 Å². The van der Waals surface area contributed by atoms with Gasteiger partial charge in [-0.05, 0) is 33.7 Å². The third-order valence-electron chi connectivity index (χ3n) is 6.27. The van der Waals surface area contributed by atoms with Crippen molar-refractivity contribution in [3.8, 4) is 45.7 Å².